The van der Waals surface area contributed by atoms with Crippen LogP contribution in [0.1, 0.15) is 16.1 Å². The van der Waals surface area contributed by atoms with Gasteiger partial charge in [-0.2, -0.15) is 0 Å². The minimum absolute atomic E-state index is 0.225. The first-order chi connectivity index (χ1) is 9.10. The lowest BCUT2D eigenvalue weighted by molar-refractivity contribution is 0.0695. The molecule has 0 bridgehead atoms. The number of anilines is 2. The molecule has 1 heterocycles. The fourth-order valence-corrected chi connectivity index (χ4v) is 2.09. The van der Waals surface area contributed by atoms with Gasteiger partial charge in [0.25, 0.3) is 0 Å². The predicted molar refractivity (Wildman–Crippen MR) is 77.4 cm³/mol. The summed E-state index contributed by atoms with van der Waals surface area (Å²) in [5.41, 5.74) is 1.65. The van der Waals surface area contributed by atoms with Crippen LogP contribution in [0.2, 0.25) is 0 Å². The maximum atomic E-state index is 10.9. The maximum absolute atomic E-state index is 10.9. The third kappa shape index (κ3) is 3.26. The molecule has 0 radical (unpaired) electrons. The molecule has 0 unspecified atom stereocenters. The highest BCUT2D eigenvalue weighted by Crippen LogP contribution is 2.20. The van der Waals surface area contributed by atoms with E-state index in [1.54, 1.807) is 30.8 Å². The monoisotopic (exact) mass is 274 g/mol. The van der Waals surface area contributed by atoms with Gasteiger partial charge < -0.3 is 10.4 Å². The molecule has 4 nitrogen and oxygen atoms in total. The molecule has 0 fully saturated rings. The van der Waals surface area contributed by atoms with Gasteiger partial charge in [0.2, 0.25) is 0 Å². The Kier molecular flexibility index (Phi) is 4.06. The number of aromatic nitrogens is 1. The number of pyridine rings is 1. The molecule has 19 heavy (non-hydrogen) atoms. The number of carbonyl (C=O) groups is 1. The average Bonchev–Trinajstić information content (AvgIpc) is 2.39. The molecular formula is C14H14N2O2S. The smallest absolute Gasteiger partial charge is 0.337 e. The molecule has 0 saturated heterocycles. The van der Waals surface area contributed by atoms with E-state index in [-0.39, 0.29) is 5.56 Å². The van der Waals surface area contributed by atoms with Crippen molar-refractivity contribution in [3.05, 3.63) is 47.7 Å². The number of hydrogen-bond acceptors (Lipinski definition) is 4. The van der Waals surface area contributed by atoms with Gasteiger partial charge in [0.15, 0.2) is 0 Å². The van der Waals surface area contributed by atoms with Crippen LogP contribution in [-0.2, 0) is 0 Å². The molecule has 0 aliphatic rings. The Bertz CT molecular complexity index is 597. The zero-order chi connectivity index (χ0) is 13.8. The van der Waals surface area contributed by atoms with E-state index in [1.807, 2.05) is 30.5 Å². The fraction of sp³-hybridized carbons (Fsp3) is 0.143. The van der Waals surface area contributed by atoms with E-state index in [9.17, 15) is 4.79 Å². The minimum atomic E-state index is -0.958. The molecule has 0 saturated carbocycles. The van der Waals surface area contributed by atoms with Gasteiger partial charge in [0, 0.05) is 10.6 Å². The van der Waals surface area contributed by atoms with E-state index in [2.05, 4.69) is 10.3 Å². The van der Waals surface area contributed by atoms with Gasteiger partial charge in [-0.15, -0.1) is 11.8 Å². The summed E-state index contributed by atoms with van der Waals surface area (Å²) in [5.74, 6) is -0.319. The van der Waals surface area contributed by atoms with Crippen molar-refractivity contribution in [3.8, 4) is 0 Å². The van der Waals surface area contributed by atoms with Crippen LogP contribution in [0.4, 0.5) is 11.5 Å². The molecule has 98 valence electrons. The number of thioether (sulfide) groups is 1. The Balaban J connectivity index is 2.18. The van der Waals surface area contributed by atoms with Gasteiger partial charge >= 0.3 is 5.97 Å². The molecule has 5 heteroatoms. The summed E-state index contributed by atoms with van der Waals surface area (Å²) in [5, 5.41) is 12.1. The van der Waals surface area contributed by atoms with E-state index >= 15 is 0 Å². The van der Waals surface area contributed by atoms with Gasteiger partial charge in [-0.25, -0.2) is 9.78 Å². The standard InChI is InChI=1S/C14H14N2O2S/c1-9-12(14(17)18)7-8-13(15-9)16-10-3-5-11(19-2)6-4-10/h3-8H,1-2H3,(H,15,16)(H,17,18). The number of rotatable bonds is 4. The predicted octanol–water partition coefficient (Wildman–Crippen LogP) is 3.55. The van der Waals surface area contributed by atoms with Gasteiger partial charge in [0.05, 0.1) is 11.3 Å². The van der Waals surface area contributed by atoms with Gasteiger partial charge in [-0.3, -0.25) is 0 Å². The number of nitrogens with one attached hydrogen (secondary N) is 1. The van der Waals surface area contributed by atoms with Crippen LogP contribution in [0.5, 0.6) is 0 Å². The van der Waals surface area contributed by atoms with E-state index in [1.165, 1.54) is 4.90 Å². The van der Waals surface area contributed by atoms with Crippen molar-refractivity contribution in [1.29, 1.82) is 0 Å². The van der Waals surface area contributed by atoms with Crippen LogP contribution in [0, 0.1) is 6.92 Å². The second kappa shape index (κ2) is 5.75. The number of hydrogen-bond donors (Lipinski definition) is 2. The first kappa shape index (κ1) is 13.4. The largest absolute Gasteiger partial charge is 0.478 e. The van der Waals surface area contributed by atoms with Gasteiger partial charge in [0.1, 0.15) is 5.82 Å². The molecule has 2 aromatic rings. The third-order valence-corrected chi connectivity index (χ3v) is 3.42. The van der Waals surface area contributed by atoms with Gasteiger partial charge in [-0.1, -0.05) is 0 Å². The summed E-state index contributed by atoms with van der Waals surface area (Å²) >= 11 is 1.68. The van der Waals surface area contributed by atoms with Crippen molar-refractivity contribution >= 4 is 29.2 Å². The highest BCUT2D eigenvalue weighted by atomic mass is 32.2. The summed E-state index contributed by atoms with van der Waals surface area (Å²) < 4.78 is 0. The van der Waals surface area contributed by atoms with E-state index in [0.717, 1.165) is 5.69 Å². The van der Waals surface area contributed by atoms with Gasteiger partial charge in [-0.05, 0) is 49.6 Å². The first-order valence-electron chi connectivity index (χ1n) is 5.72. The quantitative estimate of drug-likeness (QED) is 0.835. The van der Waals surface area contributed by atoms with Crippen LogP contribution in [0.15, 0.2) is 41.3 Å². The average molecular weight is 274 g/mol. The van der Waals surface area contributed by atoms with Crippen molar-refractivity contribution in [1.82, 2.24) is 4.98 Å². The molecule has 0 atom stereocenters. The first-order valence-corrected chi connectivity index (χ1v) is 6.94. The lowest BCUT2D eigenvalue weighted by atomic mass is 10.2. The molecule has 0 aliphatic carbocycles. The summed E-state index contributed by atoms with van der Waals surface area (Å²) in [6.07, 6.45) is 2.03. The Morgan fingerprint density at radius 2 is 1.89 bits per heavy atom. The second-order valence-corrected chi connectivity index (χ2v) is 4.87. The molecule has 0 spiro atoms. The minimum Gasteiger partial charge on any atom is -0.478 e. The molecule has 0 amide bonds. The zero-order valence-electron chi connectivity index (χ0n) is 10.7. The van der Waals surface area contributed by atoms with Crippen molar-refractivity contribution in [2.75, 3.05) is 11.6 Å². The summed E-state index contributed by atoms with van der Waals surface area (Å²) in [6.45, 7) is 1.69. The number of carboxylic acid groups (broad SMARTS) is 1. The zero-order valence-corrected chi connectivity index (χ0v) is 11.5. The highest BCUT2D eigenvalue weighted by Gasteiger charge is 2.08. The molecule has 0 aliphatic heterocycles. The van der Waals surface area contributed by atoms with E-state index in [0.29, 0.717) is 11.5 Å². The van der Waals surface area contributed by atoms with Crippen molar-refractivity contribution in [3.63, 3.8) is 0 Å². The Morgan fingerprint density at radius 3 is 2.42 bits per heavy atom. The summed E-state index contributed by atoms with van der Waals surface area (Å²) in [7, 11) is 0. The van der Waals surface area contributed by atoms with E-state index in [4.69, 9.17) is 5.11 Å². The number of carboxylic acids is 1. The number of aryl methyl sites for hydroxylation is 1. The molecule has 1 aromatic heterocycles. The lowest BCUT2D eigenvalue weighted by Gasteiger charge is -2.08. The van der Waals surface area contributed by atoms with Crippen LogP contribution in [0.3, 0.4) is 0 Å². The number of nitrogens with zero attached hydrogens (tertiary/aromatic N) is 1. The Morgan fingerprint density at radius 1 is 1.21 bits per heavy atom. The van der Waals surface area contributed by atoms with Crippen LogP contribution in [0.25, 0.3) is 0 Å². The molecule has 2 rings (SSSR count). The number of aromatic carboxylic acids is 1. The van der Waals surface area contributed by atoms with Crippen molar-refractivity contribution < 1.29 is 9.90 Å². The summed E-state index contributed by atoms with van der Waals surface area (Å²) in [4.78, 5) is 16.3. The topological polar surface area (TPSA) is 62.2 Å². The highest BCUT2D eigenvalue weighted by molar-refractivity contribution is 7.98. The van der Waals surface area contributed by atoms with Crippen molar-refractivity contribution in [2.24, 2.45) is 0 Å². The fourth-order valence-electron chi connectivity index (χ4n) is 1.68. The molecular weight excluding hydrogens is 260 g/mol. The lowest BCUT2D eigenvalue weighted by Crippen LogP contribution is -2.03. The molecule has 2 N–H and O–H groups in total. The van der Waals surface area contributed by atoms with Crippen molar-refractivity contribution in [2.45, 2.75) is 11.8 Å². The van der Waals surface area contributed by atoms with Crippen LogP contribution < -0.4 is 5.32 Å². The number of benzene rings is 1. The Labute approximate surface area is 115 Å². The van der Waals surface area contributed by atoms with Crippen LogP contribution in [-0.4, -0.2) is 22.3 Å². The van der Waals surface area contributed by atoms with Crippen LogP contribution >= 0.6 is 11.8 Å². The summed E-state index contributed by atoms with van der Waals surface area (Å²) in [6, 6.07) is 11.2. The maximum Gasteiger partial charge on any atom is 0.337 e. The van der Waals surface area contributed by atoms with E-state index < -0.39 is 5.97 Å². The second-order valence-electron chi connectivity index (χ2n) is 3.99. The molecule has 1 aromatic carbocycles. The normalized spacial score (nSPS) is 10.2. The Hall–Kier alpha value is -2.01. The SMILES string of the molecule is CSc1ccc(Nc2ccc(C(=O)O)c(C)n2)cc1. The third-order valence-electron chi connectivity index (χ3n) is 2.68.